The summed E-state index contributed by atoms with van der Waals surface area (Å²) in [7, 11) is 0. The Balaban J connectivity index is 1.80. The smallest absolute Gasteiger partial charge is 0.251 e. The fourth-order valence-electron chi connectivity index (χ4n) is 4.46. The third-order valence-corrected chi connectivity index (χ3v) is 6.72. The molecular formula is C31H41N3O5. The van der Waals surface area contributed by atoms with Gasteiger partial charge in [0.25, 0.3) is 5.91 Å². The first kappa shape index (κ1) is 30.0. The van der Waals surface area contributed by atoms with E-state index in [1.165, 1.54) is 0 Å². The van der Waals surface area contributed by atoms with Crippen molar-refractivity contribution in [2.45, 2.75) is 77.6 Å². The number of ether oxygens (including phenoxy) is 1. The monoisotopic (exact) mass is 535 g/mol. The van der Waals surface area contributed by atoms with Gasteiger partial charge in [0.2, 0.25) is 11.8 Å². The van der Waals surface area contributed by atoms with Crippen LogP contribution in [0.4, 0.5) is 0 Å². The molecule has 4 atom stereocenters. The van der Waals surface area contributed by atoms with Gasteiger partial charge in [0, 0.05) is 12.0 Å². The normalized spacial score (nSPS) is 18.6. The third-order valence-electron chi connectivity index (χ3n) is 6.72. The molecule has 1 fully saturated rings. The van der Waals surface area contributed by atoms with E-state index in [1.807, 2.05) is 64.1 Å². The number of amides is 3. The number of hydrogen-bond acceptors (Lipinski definition) is 5. The Hall–Kier alpha value is -3.52. The number of rotatable bonds is 14. The van der Waals surface area contributed by atoms with Crippen LogP contribution in [0.25, 0.3) is 0 Å². The molecule has 2 aromatic carbocycles. The molecule has 3 N–H and O–H groups in total. The first-order valence-electron chi connectivity index (χ1n) is 13.7. The van der Waals surface area contributed by atoms with E-state index in [0.29, 0.717) is 25.0 Å². The topological polar surface area (TPSA) is 117 Å². The number of hydrogen-bond donors (Lipinski definition) is 3. The predicted molar refractivity (Wildman–Crippen MR) is 150 cm³/mol. The average molecular weight is 536 g/mol. The molecule has 39 heavy (non-hydrogen) atoms. The number of ketones is 1. The summed E-state index contributed by atoms with van der Waals surface area (Å²) in [5, 5.41) is 8.60. The lowest BCUT2D eigenvalue weighted by Crippen LogP contribution is -2.57. The Morgan fingerprint density at radius 2 is 1.23 bits per heavy atom. The molecule has 3 rings (SSSR count). The van der Waals surface area contributed by atoms with Crippen molar-refractivity contribution in [3.8, 4) is 0 Å². The lowest BCUT2D eigenvalue weighted by Gasteiger charge is -2.27. The van der Waals surface area contributed by atoms with Crippen molar-refractivity contribution in [1.29, 1.82) is 0 Å². The molecule has 2 aromatic rings. The Labute approximate surface area is 231 Å². The largest absolute Gasteiger partial charge is 0.361 e. The molecule has 1 aliphatic rings. The van der Waals surface area contributed by atoms with Gasteiger partial charge in [-0.05, 0) is 49.3 Å². The Morgan fingerprint density at radius 3 is 1.77 bits per heavy atom. The molecule has 0 radical (unpaired) electrons. The van der Waals surface area contributed by atoms with Crippen LogP contribution in [0.2, 0.25) is 0 Å². The first-order chi connectivity index (χ1) is 18.5. The van der Waals surface area contributed by atoms with Crippen LogP contribution < -0.4 is 16.0 Å². The second kappa shape index (κ2) is 13.5. The third kappa shape index (κ3) is 9.03. The van der Waals surface area contributed by atoms with Crippen LogP contribution in [0.15, 0.2) is 60.7 Å². The Bertz CT molecular complexity index is 1130. The van der Waals surface area contributed by atoms with E-state index >= 15 is 0 Å². The molecule has 0 bridgehead atoms. The summed E-state index contributed by atoms with van der Waals surface area (Å²) in [6, 6.07) is 15.5. The van der Waals surface area contributed by atoms with Crippen LogP contribution in [-0.2, 0) is 25.5 Å². The van der Waals surface area contributed by atoms with Crippen molar-refractivity contribution >= 4 is 23.5 Å². The van der Waals surface area contributed by atoms with Crippen molar-refractivity contribution in [1.82, 2.24) is 16.0 Å². The molecule has 0 saturated carbocycles. The van der Waals surface area contributed by atoms with Gasteiger partial charge >= 0.3 is 0 Å². The minimum Gasteiger partial charge on any atom is -0.361 e. The van der Waals surface area contributed by atoms with E-state index in [2.05, 4.69) is 16.0 Å². The molecule has 3 amide bonds. The molecule has 0 aliphatic carbocycles. The highest BCUT2D eigenvalue weighted by Gasteiger charge is 2.50. The highest BCUT2D eigenvalue weighted by molar-refractivity contribution is 6.00. The zero-order chi connectivity index (χ0) is 28.6. The number of benzene rings is 2. The summed E-state index contributed by atoms with van der Waals surface area (Å²) < 4.78 is 5.35. The number of Topliss-reactive ketones (excluding diaryl/α,β-unsaturated/α-hetero) is 1. The second-order valence-electron chi connectivity index (χ2n) is 11.3. The van der Waals surface area contributed by atoms with Gasteiger partial charge in [0.1, 0.15) is 17.7 Å². The van der Waals surface area contributed by atoms with Gasteiger partial charge in [0.05, 0.1) is 12.6 Å². The standard InChI is InChI=1S/C31H41N3O5/c1-20(2)16-24(27(35)31(5)19-39-31)32-30(38)26(18-22-12-8-6-9-13-22)34-29(37)25(17-21(3)4)33-28(36)23-14-10-7-11-15-23/h6-15,20-21,24-26H,16-19H2,1-5H3,(H,32,38)(H,33,36)(H,34,37)/t24-,25?,26-,31+/m0/s1. The Kier molecular flexibility index (Phi) is 10.4. The quantitative estimate of drug-likeness (QED) is 0.321. The van der Waals surface area contributed by atoms with E-state index in [4.69, 9.17) is 4.74 Å². The molecule has 1 unspecified atom stereocenters. The minimum absolute atomic E-state index is 0.116. The summed E-state index contributed by atoms with van der Waals surface area (Å²) in [6.45, 7) is 9.95. The van der Waals surface area contributed by atoms with E-state index in [0.717, 1.165) is 5.56 Å². The van der Waals surface area contributed by atoms with E-state index in [9.17, 15) is 19.2 Å². The lowest BCUT2D eigenvalue weighted by atomic mass is 9.93. The summed E-state index contributed by atoms with van der Waals surface area (Å²) in [4.78, 5) is 53.1. The van der Waals surface area contributed by atoms with Crippen molar-refractivity contribution in [3.63, 3.8) is 0 Å². The molecular weight excluding hydrogens is 494 g/mol. The summed E-state index contributed by atoms with van der Waals surface area (Å²) in [5.74, 6) is -1.15. The maximum Gasteiger partial charge on any atom is 0.251 e. The molecule has 1 aliphatic heterocycles. The molecule has 8 heteroatoms. The van der Waals surface area contributed by atoms with Crippen molar-refractivity contribution < 1.29 is 23.9 Å². The van der Waals surface area contributed by atoms with Gasteiger partial charge < -0.3 is 20.7 Å². The Morgan fingerprint density at radius 1 is 0.744 bits per heavy atom. The zero-order valence-corrected chi connectivity index (χ0v) is 23.5. The fourth-order valence-corrected chi connectivity index (χ4v) is 4.46. The zero-order valence-electron chi connectivity index (χ0n) is 23.5. The maximum absolute atomic E-state index is 13.6. The second-order valence-corrected chi connectivity index (χ2v) is 11.3. The lowest BCUT2D eigenvalue weighted by molar-refractivity contribution is -0.133. The molecule has 8 nitrogen and oxygen atoms in total. The molecule has 1 saturated heterocycles. The van der Waals surface area contributed by atoms with Crippen LogP contribution >= 0.6 is 0 Å². The number of carbonyl (C=O) groups excluding carboxylic acids is 4. The maximum atomic E-state index is 13.6. The summed E-state index contributed by atoms with van der Waals surface area (Å²) in [5.41, 5.74) is 0.425. The predicted octanol–water partition coefficient (Wildman–Crippen LogP) is 3.45. The van der Waals surface area contributed by atoms with Crippen LogP contribution in [0.3, 0.4) is 0 Å². The highest BCUT2D eigenvalue weighted by Crippen LogP contribution is 2.29. The van der Waals surface area contributed by atoms with Gasteiger partial charge in [-0.2, -0.15) is 0 Å². The van der Waals surface area contributed by atoms with Crippen molar-refractivity contribution in [3.05, 3.63) is 71.8 Å². The average Bonchev–Trinajstić information content (AvgIpc) is 3.65. The summed E-state index contributed by atoms with van der Waals surface area (Å²) >= 11 is 0. The first-order valence-corrected chi connectivity index (χ1v) is 13.7. The number of nitrogens with one attached hydrogen (secondary N) is 3. The van der Waals surface area contributed by atoms with E-state index in [1.54, 1.807) is 31.2 Å². The van der Waals surface area contributed by atoms with Crippen molar-refractivity contribution in [2.24, 2.45) is 11.8 Å². The number of epoxide rings is 1. The summed E-state index contributed by atoms with van der Waals surface area (Å²) in [6.07, 6.45) is 1.09. The van der Waals surface area contributed by atoms with Crippen LogP contribution in [0, 0.1) is 11.8 Å². The highest BCUT2D eigenvalue weighted by atomic mass is 16.6. The molecule has 0 aromatic heterocycles. The number of carbonyl (C=O) groups is 4. The van der Waals surface area contributed by atoms with Gasteiger partial charge in [-0.15, -0.1) is 0 Å². The van der Waals surface area contributed by atoms with Gasteiger partial charge in [-0.1, -0.05) is 76.2 Å². The van der Waals surface area contributed by atoms with E-state index in [-0.39, 0.29) is 29.9 Å². The van der Waals surface area contributed by atoms with Crippen LogP contribution in [0.5, 0.6) is 0 Å². The van der Waals surface area contributed by atoms with E-state index < -0.39 is 35.5 Å². The van der Waals surface area contributed by atoms with Gasteiger partial charge in [-0.25, -0.2) is 0 Å². The van der Waals surface area contributed by atoms with Gasteiger partial charge in [0.15, 0.2) is 5.78 Å². The van der Waals surface area contributed by atoms with Crippen LogP contribution in [-0.4, -0.2) is 53.8 Å². The molecule has 210 valence electrons. The van der Waals surface area contributed by atoms with Crippen LogP contribution in [0.1, 0.15) is 63.4 Å². The SMILES string of the molecule is CC(C)CC(NC(=O)c1ccccc1)C(=O)N[C@@H](Cc1ccccc1)C(=O)N[C@@H](CC(C)C)C(=O)[C@@]1(C)CO1. The minimum atomic E-state index is -0.946. The van der Waals surface area contributed by atoms with Gasteiger partial charge in [-0.3, -0.25) is 19.2 Å². The van der Waals surface area contributed by atoms with Crippen molar-refractivity contribution in [2.75, 3.05) is 6.61 Å². The molecule has 1 heterocycles. The fraction of sp³-hybridized carbons (Fsp3) is 0.484. The molecule has 0 spiro atoms.